The van der Waals surface area contributed by atoms with Crippen molar-refractivity contribution < 1.29 is 48.5 Å². The maximum absolute atomic E-state index is 16.0. The molecule has 0 spiro atoms. The molecule has 2 aromatic heterocycles. The number of halogens is 2. The van der Waals surface area contributed by atoms with Crippen LogP contribution in [0, 0.1) is 11.6 Å². The second-order valence-electron chi connectivity index (χ2n) is 15.3. The van der Waals surface area contributed by atoms with Gasteiger partial charge in [0.2, 0.25) is 23.5 Å². The van der Waals surface area contributed by atoms with Gasteiger partial charge in [-0.15, -0.1) is 9.46 Å². The molecule has 4 heterocycles. The average molecular weight is 859 g/mol. The van der Waals surface area contributed by atoms with Crippen molar-refractivity contribution >= 4 is 34.5 Å². The third-order valence-electron chi connectivity index (χ3n) is 11.6. The molecule has 0 fully saturated rings. The summed E-state index contributed by atoms with van der Waals surface area (Å²) in [4.78, 5) is 40.1. The van der Waals surface area contributed by atoms with Crippen molar-refractivity contribution in [1.29, 1.82) is 0 Å². The van der Waals surface area contributed by atoms with E-state index in [4.69, 9.17) is 9.68 Å². The van der Waals surface area contributed by atoms with Crippen LogP contribution in [0.1, 0.15) is 55.8 Å². The summed E-state index contributed by atoms with van der Waals surface area (Å²) in [7, 11) is 0. The third kappa shape index (κ3) is 6.77. The molecular weight excluding hydrogens is 823 g/mol. The topological polar surface area (TPSA) is 150 Å². The number of aromatic nitrogens is 2. The Hall–Kier alpha value is -8.52. The van der Waals surface area contributed by atoms with Crippen molar-refractivity contribution in [2.24, 2.45) is 0 Å². The molecule has 2 aliphatic heterocycles. The monoisotopic (exact) mass is 858 g/mol. The first-order valence-corrected chi connectivity index (χ1v) is 20.2. The highest BCUT2D eigenvalue weighted by molar-refractivity contribution is 6.16. The van der Waals surface area contributed by atoms with Gasteiger partial charge in [-0.2, -0.15) is 0 Å². The normalized spacial score (nSPS) is 15.0. The van der Waals surface area contributed by atoms with Crippen LogP contribution in [0.3, 0.4) is 0 Å². The Bertz CT molecular complexity index is 2900. The number of hydrogen-bond donors (Lipinski definition) is 4. The first-order chi connectivity index (χ1) is 31.0. The second-order valence-corrected chi connectivity index (χ2v) is 15.3. The van der Waals surface area contributed by atoms with Crippen LogP contribution in [0.2, 0.25) is 0 Å². The van der Waals surface area contributed by atoms with Gasteiger partial charge in [0.25, 0.3) is 0 Å². The lowest BCUT2D eigenvalue weighted by Crippen LogP contribution is -2.32. The summed E-state index contributed by atoms with van der Waals surface area (Å²) in [5.41, 5.74) is 9.83. The quantitative estimate of drug-likeness (QED) is 0.111. The van der Waals surface area contributed by atoms with E-state index >= 15 is 8.78 Å². The average Bonchev–Trinajstić information content (AvgIpc) is 3.80. The minimum absolute atomic E-state index is 0.115. The molecular formula is C50H36F2N4O8. The van der Waals surface area contributed by atoms with Crippen LogP contribution >= 0.6 is 0 Å². The number of carbonyl (C=O) groups excluding carboxylic acids is 2. The zero-order valence-corrected chi connectivity index (χ0v) is 33.7. The van der Waals surface area contributed by atoms with Crippen LogP contribution in [-0.4, -0.2) is 41.8 Å². The van der Waals surface area contributed by atoms with Gasteiger partial charge in [-0.3, -0.25) is 0 Å². The van der Waals surface area contributed by atoms with E-state index in [1.165, 1.54) is 24.3 Å². The predicted molar refractivity (Wildman–Crippen MR) is 233 cm³/mol. The summed E-state index contributed by atoms with van der Waals surface area (Å²) in [6.07, 6.45) is 13.3. The molecule has 0 atom stereocenters. The van der Waals surface area contributed by atoms with Crippen LogP contribution in [-0.2, 0) is 13.1 Å². The van der Waals surface area contributed by atoms with Crippen LogP contribution in [0.25, 0.3) is 11.1 Å². The molecule has 2 aliphatic carbocycles. The van der Waals surface area contributed by atoms with E-state index in [0.717, 1.165) is 92.6 Å². The Morgan fingerprint density at radius 3 is 1.31 bits per heavy atom. The third-order valence-corrected chi connectivity index (χ3v) is 11.6. The summed E-state index contributed by atoms with van der Waals surface area (Å²) in [6.45, 7) is 0.245. The van der Waals surface area contributed by atoms with Gasteiger partial charge in [-0.05, 0) is 83.7 Å². The standard InChI is InChI=1S/C50H36F2N4O8/c51-37-25-29(49(61)63-55-43(57)21-22-44(55)58)17-19-31(37)27-53-39-13-5-1-9-33(39)47(34-10-2-6-14-40(34)53)48-35-11-3-7-15-41(35)54(42-16-8-4-12-36(42)48)28-32-20-18-30(26-38(32)52)50(62)64-56-45(59)23-24-46(56)60/h1-9,11,13-26,57-60H,10,12,27-28H2. The summed E-state index contributed by atoms with van der Waals surface area (Å²) in [5.74, 6) is -5.23. The largest absolute Gasteiger partial charge is 0.492 e. The molecule has 0 amide bonds. The van der Waals surface area contributed by atoms with E-state index in [1.807, 2.05) is 60.7 Å². The molecule has 6 aromatic rings. The van der Waals surface area contributed by atoms with Crippen LogP contribution in [0.5, 0.6) is 23.5 Å². The highest BCUT2D eigenvalue weighted by Crippen LogP contribution is 2.54. The Balaban J connectivity index is 1.00. The maximum atomic E-state index is 16.0. The number of anilines is 2. The first kappa shape index (κ1) is 39.6. The molecule has 0 bridgehead atoms. The molecule has 14 heteroatoms. The molecule has 0 radical (unpaired) electrons. The first-order valence-electron chi connectivity index (χ1n) is 20.2. The van der Waals surface area contributed by atoms with Crippen molar-refractivity contribution in [3.63, 3.8) is 0 Å². The Morgan fingerprint density at radius 1 is 0.531 bits per heavy atom. The number of benzene rings is 4. The Kier molecular flexibility index (Phi) is 9.74. The molecule has 10 rings (SSSR count). The lowest BCUT2D eigenvalue weighted by molar-refractivity contribution is 0.0376. The van der Waals surface area contributed by atoms with Gasteiger partial charge in [0.15, 0.2) is 0 Å². The summed E-state index contributed by atoms with van der Waals surface area (Å²) >= 11 is 0. The molecule has 0 saturated carbocycles. The van der Waals surface area contributed by atoms with Gasteiger partial charge < -0.3 is 39.9 Å². The van der Waals surface area contributed by atoms with E-state index in [1.54, 1.807) is 0 Å². The summed E-state index contributed by atoms with van der Waals surface area (Å²) in [5, 5.41) is 39.7. The maximum Gasteiger partial charge on any atom is 0.364 e. The van der Waals surface area contributed by atoms with Gasteiger partial charge in [0, 0.05) is 69.3 Å². The van der Waals surface area contributed by atoms with Gasteiger partial charge >= 0.3 is 11.9 Å². The fourth-order valence-corrected chi connectivity index (χ4v) is 8.61. The van der Waals surface area contributed by atoms with Crippen molar-refractivity contribution in [3.05, 3.63) is 213 Å². The summed E-state index contributed by atoms with van der Waals surface area (Å²) < 4.78 is 33.1. The van der Waals surface area contributed by atoms with Crippen molar-refractivity contribution in [3.8, 4) is 23.5 Å². The van der Waals surface area contributed by atoms with Gasteiger partial charge in [0.05, 0.1) is 24.2 Å². The van der Waals surface area contributed by atoms with E-state index in [9.17, 15) is 30.0 Å². The lowest BCUT2D eigenvalue weighted by Gasteiger charge is -2.42. The number of carbonyl (C=O) groups is 2. The van der Waals surface area contributed by atoms with Crippen LogP contribution in [0.15, 0.2) is 168 Å². The number of allylic oxidation sites excluding steroid dienone is 10. The lowest BCUT2D eigenvalue weighted by atomic mass is 9.76. The number of para-hydroxylation sites is 2. The zero-order valence-electron chi connectivity index (χ0n) is 33.7. The molecule has 4 N–H and O–H groups in total. The molecule has 0 saturated heterocycles. The number of fused-ring (bicyclic) bond motifs is 4. The van der Waals surface area contributed by atoms with Crippen molar-refractivity contribution in [2.45, 2.75) is 25.9 Å². The number of hydrogen-bond acceptors (Lipinski definition) is 10. The molecule has 12 nitrogen and oxygen atoms in total. The van der Waals surface area contributed by atoms with Crippen LogP contribution in [0.4, 0.5) is 20.2 Å². The van der Waals surface area contributed by atoms with E-state index in [0.29, 0.717) is 33.4 Å². The number of rotatable bonds is 9. The molecule has 0 unspecified atom stereocenters. The minimum atomic E-state index is -0.975. The fourth-order valence-electron chi connectivity index (χ4n) is 8.61. The summed E-state index contributed by atoms with van der Waals surface area (Å²) in [6, 6.07) is 28.6. The number of nitrogens with zero attached hydrogens (tertiary/aromatic N) is 4. The van der Waals surface area contributed by atoms with E-state index in [-0.39, 0.29) is 24.2 Å². The van der Waals surface area contributed by atoms with E-state index in [2.05, 4.69) is 34.1 Å². The molecule has 4 aliphatic rings. The second kappa shape index (κ2) is 15.7. The zero-order chi connectivity index (χ0) is 44.2. The van der Waals surface area contributed by atoms with Crippen molar-refractivity contribution in [2.75, 3.05) is 9.80 Å². The smallest absolute Gasteiger partial charge is 0.364 e. The predicted octanol–water partition coefficient (Wildman–Crippen LogP) is 8.86. The van der Waals surface area contributed by atoms with E-state index < -0.39 is 47.1 Å². The SMILES string of the molecule is O=C(On1c(O)ccc1O)c1ccc(CN2C3=CC=CCC3=C(C3=C4CC=CC=C4N(Cc4ccc(C(=O)On5c(O)ccc5O)cc4F)c4ccccc43)c3ccccc32)c(F)c1. The highest BCUT2D eigenvalue weighted by atomic mass is 19.1. The minimum Gasteiger partial charge on any atom is -0.492 e. The van der Waals surface area contributed by atoms with Gasteiger partial charge in [-0.25, -0.2) is 18.4 Å². The molecule has 64 heavy (non-hydrogen) atoms. The molecule has 318 valence electrons. The van der Waals surface area contributed by atoms with Crippen molar-refractivity contribution in [1.82, 2.24) is 9.46 Å². The number of aromatic hydroxyl groups is 4. The molecule has 4 aromatic carbocycles. The Labute approximate surface area is 363 Å². The van der Waals surface area contributed by atoms with Gasteiger partial charge in [-0.1, -0.05) is 72.8 Å². The van der Waals surface area contributed by atoms with Gasteiger partial charge in [0.1, 0.15) is 11.6 Å². The van der Waals surface area contributed by atoms with Crippen LogP contribution < -0.4 is 19.5 Å². The highest BCUT2D eigenvalue weighted by Gasteiger charge is 2.37. The fraction of sp³-hybridized carbons (Fsp3) is 0.0800. The Morgan fingerprint density at radius 2 is 0.922 bits per heavy atom.